The number of H-pyrrole nitrogens is 2. The number of hydrogen-bond donors (Lipinski definition) is 5. The largest absolute Gasteiger partial charge is 0.474 e. The Labute approximate surface area is 305 Å². The van der Waals surface area contributed by atoms with Crippen LogP contribution < -0.4 is 11.1 Å². The number of nitrogens with two attached hydrogens (primary N) is 1. The number of hydrogen-bond acceptors (Lipinski definition) is 5. The number of aliphatic carboxylic acids is 1. The molecule has 0 radical (unpaired) electrons. The molecule has 8 rings (SSSR count). The van der Waals surface area contributed by atoms with Crippen LogP contribution in [0, 0.1) is 0 Å². The van der Waals surface area contributed by atoms with E-state index in [1.54, 1.807) is 53.9 Å². The first-order chi connectivity index (χ1) is 26.1. The SMILES string of the molecule is Nc1c[nH]c2ccc(-c3cnn(-c4ccc(C(F)(F)F)cc4)c3)cc12.O=C(O)C(=O)Nc1c[nH]c2ccc(-c3cnn(-c4ccc(C(F)(F)F)cc4)c3)cc12. The van der Waals surface area contributed by atoms with Crippen molar-refractivity contribution in [3.8, 4) is 33.6 Å². The van der Waals surface area contributed by atoms with Gasteiger partial charge in [0.2, 0.25) is 0 Å². The molecule has 0 atom stereocenters. The van der Waals surface area contributed by atoms with Crippen molar-refractivity contribution >= 4 is 45.1 Å². The summed E-state index contributed by atoms with van der Waals surface area (Å²) in [7, 11) is 0. The van der Waals surface area contributed by atoms with E-state index in [9.17, 15) is 35.9 Å². The Morgan fingerprint density at radius 3 is 1.56 bits per heavy atom. The Balaban J connectivity index is 0.000000172. The third-order valence-electron chi connectivity index (χ3n) is 8.59. The Kier molecular flexibility index (Phi) is 9.13. The topological polar surface area (TPSA) is 160 Å². The molecule has 1 amide bonds. The minimum absolute atomic E-state index is 0.314. The first-order valence-electron chi connectivity index (χ1n) is 16.1. The monoisotopic (exact) mass is 756 g/mol. The molecule has 278 valence electrons. The van der Waals surface area contributed by atoms with Gasteiger partial charge in [-0.05, 0) is 83.9 Å². The Morgan fingerprint density at radius 1 is 0.636 bits per heavy atom. The number of carboxylic acid groups (broad SMARTS) is 1. The summed E-state index contributed by atoms with van der Waals surface area (Å²) < 4.78 is 79.1. The van der Waals surface area contributed by atoms with Crippen LogP contribution in [-0.4, -0.2) is 46.5 Å². The van der Waals surface area contributed by atoms with Gasteiger partial charge in [-0.3, -0.25) is 4.79 Å². The average molecular weight is 757 g/mol. The van der Waals surface area contributed by atoms with Gasteiger partial charge < -0.3 is 26.1 Å². The zero-order valence-corrected chi connectivity index (χ0v) is 27.9. The van der Waals surface area contributed by atoms with Crippen LogP contribution in [0.3, 0.4) is 0 Å². The molecule has 4 aromatic heterocycles. The van der Waals surface area contributed by atoms with Crippen molar-refractivity contribution in [1.29, 1.82) is 0 Å². The summed E-state index contributed by atoms with van der Waals surface area (Å²) in [5.74, 6) is -2.75. The summed E-state index contributed by atoms with van der Waals surface area (Å²) in [6, 6.07) is 20.6. The van der Waals surface area contributed by atoms with E-state index in [0.717, 1.165) is 51.9 Å². The molecule has 4 heterocycles. The van der Waals surface area contributed by atoms with Crippen molar-refractivity contribution in [2.45, 2.75) is 12.4 Å². The Morgan fingerprint density at radius 2 is 1.09 bits per heavy atom. The van der Waals surface area contributed by atoms with Crippen molar-refractivity contribution in [2.75, 3.05) is 11.1 Å². The summed E-state index contributed by atoms with van der Waals surface area (Å²) in [5.41, 5.74) is 11.3. The van der Waals surface area contributed by atoms with Gasteiger partial charge in [0.15, 0.2) is 0 Å². The standard InChI is InChI=1S/C20H13F3N4O3.C18H13F3N4/c21-20(22,23)13-2-4-14(5-3-13)27-10-12(8-25-27)11-1-6-16-15(7-11)17(9-24-16)26-18(28)19(29)30;19-18(20,21)13-2-4-14(5-3-13)25-10-12(8-24-25)11-1-6-17-15(7-11)16(22)9-23-17/h1-10,24H,(H,26,28)(H,29,30);1-10,23H,22H2. The van der Waals surface area contributed by atoms with Crippen LogP contribution in [0.2, 0.25) is 0 Å². The molecule has 17 heteroatoms. The second-order valence-electron chi connectivity index (χ2n) is 12.2. The zero-order chi connectivity index (χ0) is 39.1. The van der Waals surface area contributed by atoms with Gasteiger partial charge in [0.05, 0.1) is 46.3 Å². The third-order valence-corrected chi connectivity index (χ3v) is 8.59. The average Bonchev–Trinajstić information content (AvgIpc) is 3.99. The lowest BCUT2D eigenvalue weighted by Crippen LogP contribution is -2.21. The second-order valence-corrected chi connectivity index (χ2v) is 12.2. The van der Waals surface area contributed by atoms with Crippen molar-refractivity contribution in [3.63, 3.8) is 0 Å². The number of carbonyl (C=O) groups excluding carboxylic acids is 1. The molecule has 4 aromatic carbocycles. The molecule has 0 saturated heterocycles. The number of carboxylic acids is 1. The van der Waals surface area contributed by atoms with Gasteiger partial charge in [-0.2, -0.15) is 36.5 Å². The quantitative estimate of drug-likeness (QED) is 0.0873. The van der Waals surface area contributed by atoms with Gasteiger partial charge >= 0.3 is 24.2 Å². The summed E-state index contributed by atoms with van der Waals surface area (Å²) in [6.07, 6.45) is 1.12. The summed E-state index contributed by atoms with van der Waals surface area (Å²) >= 11 is 0. The van der Waals surface area contributed by atoms with Crippen LogP contribution in [0.5, 0.6) is 0 Å². The molecule has 0 aliphatic heterocycles. The number of amides is 1. The van der Waals surface area contributed by atoms with Crippen molar-refractivity contribution < 1.29 is 41.0 Å². The number of anilines is 2. The van der Waals surface area contributed by atoms with E-state index in [4.69, 9.17) is 10.8 Å². The zero-order valence-electron chi connectivity index (χ0n) is 27.9. The smallest absolute Gasteiger partial charge is 0.416 e. The summed E-state index contributed by atoms with van der Waals surface area (Å²) in [5, 5.41) is 21.0. The number of nitrogen functional groups attached to an aromatic ring is 1. The highest BCUT2D eigenvalue weighted by Gasteiger charge is 2.31. The fourth-order valence-electron chi connectivity index (χ4n) is 5.73. The molecular weight excluding hydrogens is 730 g/mol. The highest BCUT2D eigenvalue weighted by molar-refractivity contribution is 6.37. The van der Waals surface area contributed by atoms with Crippen LogP contribution in [-0.2, 0) is 21.9 Å². The highest BCUT2D eigenvalue weighted by atomic mass is 19.4. The predicted octanol–water partition coefficient (Wildman–Crippen LogP) is 8.68. The molecular formula is C38H26F6N8O3. The molecule has 0 aliphatic rings. The molecule has 0 saturated carbocycles. The van der Waals surface area contributed by atoms with E-state index < -0.39 is 35.4 Å². The molecule has 11 nitrogen and oxygen atoms in total. The van der Waals surface area contributed by atoms with E-state index in [2.05, 4.69) is 25.5 Å². The van der Waals surface area contributed by atoms with Crippen LogP contribution in [0.25, 0.3) is 55.4 Å². The fourth-order valence-corrected chi connectivity index (χ4v) is 5.73. The number of halogens is 6. The van der Waals surface area contributed by atoms with E-state index in [-0.39, 0.29) is 0 Å². The van der Waals surface area contributed by atoms with E-state index >= 15 is 0 Å². The predicted molar refractivity (Wildman–Crippen MR) is 192 cm³/mol. The van der Waals surface area contributed by atoms with Gasteiger partial charge in [-0.15, -0.1) is 0 Å². The normalized spacial score (nSPS) is 11.7. The van der Waals surface area contributed by atoms with E-state index in [1.165, 1.54) is 35.1 Å². The molecule has 6 N–H and O–H groups in total. The Bertz CT molecular complexity index is 2670. The lowest BCUT2D eigenvalue weighted by Gasteiger charge is -2.07. The first-order valence-corrected chi connectivity index (χ1v) is 16.1. The lowest BCUT2D eigenvalue weighted by molar-refractivity contribution is -0.147. The number of nitrogens with one attached hydrogen (secondary N) is 3. The molecule has 8 aromatic rings. The van der Waals surface area contributed by atoms with Gasteiger partial charge in [-0.25, -0.2) is 14.2 Å². The first kappa shape index (κ1) is 36.1. The van der Waals surface area contributed by atoms with Gasteiger partial charge in [-0.1, -0.05) is 12.1 Å². The van der Waals surface area contributed by atoms with Gasteiger partial charge in [0.25, 0.3) is 0 Å². The number of benzene rings is 4. The molecule has 0 fully saturated rings. The number of aromatic nitrogens is 6. The van der Waals surface area contributed by atoms with Crippen LogP contribution >= 0.6 is 0 Å². The number of carbonyl (C=O) groups is 2. The number of alkyl halides is 6. The lowest BCUT2D eigenvalue weighted by atomic mass is 10.1. The number of fused-ring (bicyclic) bond motifs is 2. The highest BCUT2D eigenvalue weighted by Crippen LogP contribution is 2.33. The molecule has 0 bridgehead atoms. The van der Waals surface area contributed by atoms with Crippen molar-refractivity contribution in [3.05, 3.63) is 133 Å². The Hall–Kier alpha value is -7.30. The number of nitrogens with zero attached hydrogens (tertiary/aromatic N) is 4. The minimum Gasteiger partial charge on any atom is -0.474 e. The van der Waals surface area contributed by atoms with Crippen molar-refractivity contribution in [1.82, 2.24) is 29.5 Å². The summed E-state index contributed by atoms with van der Waals surface area (Å²) in [6.45, 7) is 0. The molecule has 0 spiro atoms. The van der Waals surface area contributed by atoms with Crippen LogP contribution in [0.1, 0.15) is 11.1 Å². The maximum atomic E-state index is 12.7. The van der Waals surface area contributed by atoms with Crippen molar-refractivity contribution in [2.24, 2.45) is 0 Å². The van der Waals surface area contributed by atoms with E-state index in [0.29, 0.717) is 39.2 Å². The molecule has 55 heavy (non-hydrogen) atoms. The maximum Gasteiger partial charge on any atom is 0.416 e. The van der Waals surface area contributed by atoms with E-state index in [1.807, 2.05) is 18.2 Å². The number of aromatic amines is 2. The number of rotatable bonds is 5. The minimum atomic E-state index is -4.41. The van der Waals surface area contributed by atoms with Gasteiger partial charge in [0.1, 0.15) is 0 Å². The fraction of sp³-hybridized carbons (Fsp3) is 0.0526. The second kappa shape index (κ2) is 13.9. The van der Waals surface area contributed by atoms with Gasteiger partial charge in [0, 0.05) is 57.7 Å². The third kappa shape index (κ3) is 7.61. The van der Waals surface area contributed by atoms with Crippen LogP contribution in [0.15, 0.2) is 122 Å². The maximum absolute atomic E-state index is 12.7. The molecule has 0 aliphatic carbocycles. The van der Waals surface area contributed by atoms with Crippen LogP contribution in [0.4, 0.5) is 37.7 Å². The molecule has 0 unspecified atom stereocenters. The summed E-state index contributed by atoms with van der Waals surface area (Å²) in [4.78, 5) is 28.2.